The molecule has 3 aliphatic rings. The van der Waals surface area contributed by atoms with Crippen LogP contribution in [0, 0.1) is 6.92 Å². The SMILES string of the molecule is Cc1cc(-c2cnc(N)c(Oc3cnn(C4CCN(C)CC4)c3)n2)cc(C2(O)COC2)c1C1OC=CO1. The summed E-state index contributed by atoms with van der Waals surface area (Å²) < 4.78 is 24.5. The first-order chi connectivity index (χ1) is 17.9. The Morgan fingerprint density at radius 1 is 1.14 bits per heavy atom. The quantitative estimate of drug-likeness (QED) is 0.514. The fourth-order valence-electron chi connectivity index (χ4n) is 5.01. The molecule has 3 aliphatic heterocycles. The van der Waals surface area contributed by atoms with Crippen molar-refractivity contribution < 1.29 is 24.1 Å². The number of nitrogens with zero attached hydrogens (tertiary/aromatic N) is 5. The maximum atomic E-state index is 11.2. The summed E-state index contributed by atoms with van der Waals surface area (Å²) in [6.07, 6.45) is 9.57. The molecule has 6 rings (SSSR count). The molecular formula is C26H30N6O5. The van der Waals surface area contributed by atoms with Gasteiger partial charge in [0.1, 0.15) is 18.1 Å². The Labute approximate surface area is 214 Å². The summed E-state index contributed by atoms with van der Waals surface area (Å²) in [6.45, 7) is 4.39. The standard InChI is InChI=1S/C26H30N6O5/c1-16-9-17(10-20(26(33)14-34-15-26)22(16)25-35-7-8-36-25)21-12-28-23(27)24(30-21)37-19-11-29-32(13-19)18-3-5-31(2)6-4-18/h7-13,18,25,33H,3-6,14-15H2,1-2H3,(H2,27,28). The molecular weight excluding hydrogens is 476 g/mol. The molecule has 0 saturated carbocycles. The second-order valence-corrected chi connectivity index (χ2v) is 9.89. The van der Waals surface area contributed by atoms with Crippen molar-refractivity contribution in [1.29, 1.82) is 0 Å². The van der Waals surface area contributed by atoms with Gasteiger partial charge >= 0.3 is 0 Å². The molecule has 0 amide bonds. The first-order valence-corrected chi connectivity index (χ1v) is 12.3. The fraction of sp³-hybridized carbons (Fsp3) is 0.423. The largest absolute Gasteiger partial charge is 0.455 e. The lowest BCUT2D eigenvalue weighted by atomic mass is 9.84. The summed E-state index contributed by atoms with van der Waals surface area (Å²) in [5, 5.41) is 15.7. The van der Waals surface area contributed by atoms with Crippen LogP contribution in [0.25, 0.3) is 11.3 Å². The molecule has 2 saturated heterocycles. The number of rotatable bonds is 6. The van der Waals surface area contributed by atoms with Crippen molar-refractivity contribution in [1.82, 2.24) is 24.6 Å². The van der Waals surface area contributed by atoms with E-state index in [0.29, 0.717) is 23.0 Å². The van der Waals surface area contributed by atoms with Crippen LogP contribution in [0.3, 0.4) is 0 Å². The Kier molecular flexibility index (Phi) is 5.98. The van der Waals surface area contributed by atoms with Crippen LogP contribution in [0.2, 0.25) is 0 Å². The van der Waals surface area contributed by atoms with Gasteiger partial charge in [0.15, 0.2) is 11.6 Å². The average Bonchev–Trinajstić information content (AvgIpc) is 3.57. The zero-order chi connectivity index (χ0) is 25.6. The van der Waals surface area contributed by atoms with Crippen molar-refractivity contribution in [3.8, 4) is 22.9 Å². The molecule has 2 fully saturated rings. The molecule has 3 aromatic rings. The van der Waals surface area contributed by atoms with E-state index in [4.69, 9.17) is 24.7 Å². The lowest BCUT2D eigenvalue weighted by Gasteiger charge is -2.39. The highest BCUT2D eigenvalue weighted by Crippen LogP contribution is 2.41. The van der Waals surface area contributed by atoms with Gasteiger partial charge in [-0.1, -0.05) is 0 Å². The van der Waals surface area contributed by atoms with Crippen molar-refractivity contribution in [3.63, 3.8) is 0 Å². The number of aromatic nitrogens is 4. The average molecular weight is 507 g/mol. The number of nitrogen functional groups attached to an aromatic ring is 1. The van der Waals surface area contributed by atoms with Crippen molar-refractivity contribution in [2.75, 3.05) is 39.1 Å². The highest BCUT2D eigenvalue weighted by atomic mass is 16.7. The first kappa shape index (κ1) is 23.7. The van der Waals surface area contributed by atoms with Crippen LogP contribution < -0.4 is 10.5 Å². The normalized spacial score (nSPS) is 19.9. The molecule has 0 radical (unpaired) electrons. The van der Waals surface area contributed by atoms with Crippen LogP contribution in [0.1, 0.15) is 41.9 Å². The third-order valence-electron chi connectivity index (χ3n) is 7.18. The van der Waals surface area contributed by atoms with E-state index in [-0.39, 0.29) is 24.9 Å². The van der Waals surface area contributed by atoms with E-state index in [1.807, 2.05) is 29.9 Å². The van der Waals surface area contributed by atoms with Gasteiger partial charge in [-0.2, -0.15) is 5.10 Å². The van der Waals surface area contributed by atoms with Crippen molar-refractivity contribution in [2.24, 2.45) is 0 Å². The lowest BCUT2D eigenvalue weighted by molar-refractivity contribution is -0.186. The third kappa shape index (κ3) is 4.50. The monoisotopic (exact) mass is 506 g/mol. The van der Waals surface area contributed by atoms with Gasteiger partial charge in [-0.25, -0.2) is 9.97 Å². The number of nitrogens with two attached hydrogens (primary N) is 1. The minimum absolute atomic E-state index is 0.175. The Bertz CT molecular complexity index is 1320. The number of hydrogen-bond donors (Lipinski definition) is 2. The molecule has 0 spiro atoms. The molecule has 0 bridgehead atoms. The first-order valence-electron chi connectivity index (χ1n) is 12.3. The zero-order valence-electron chi connectivity index (χ0n) is 20.8. The number of ether oxygens (including phenoxy) is 4. The Morgan fingerprint density at radius 3 is 2.59 bits per heavy atom. The predicted molar refractivity (Wildman–Crippen MR) is 133 cm³/mol. The molecule has 37 heavy (non-hydrogen) atoms. The number of hydrogen-bond acceptors (Lipinski definition) is 10. The molecule has 11 heteroatoms. The zero-order valence-corrected chi connectivity index (χ0v) is 20.8. The topological polar surface area (TPSA) is 130 Å². The number of aryl methyl sites for hydroxylation is 1. The summed E-state index contributed by atoms with van der Waals surface area (Å²) in [5.41, 5.74) is 8.59. The fourth-order valence-corrected chi connectivity index (χ4v) is 5.01. The summed E-state index contributed by atoms with van der Waals surface area (Å²) in [6, 6.07) is 4.17. The van der Waals surface area contributed by atoms with Crippen molar-refractivity contribution in [2.45, 2.75) is 37.7 Å². The van der Waals surface area contributed by atoms with Gasteiger partial charge in [0.25, 0.3) is 12.2 Å². The second-order valence-electron chi connectivity index (χ2n) is 9.89. The van der Waals surface area contributed by atoms with Crippen LogP contribution in [-0.4, -0.2) is 63.1 Å². The van der Waals surface area contributed by atoms with E-state index in [1.54, 1.807) is 12.4 Å². The highest BCUT2D eigenvalue weighted by Gasteiger charge is 2.42. The summed E-state index contributed by atoms with van der Waals surface area (Å²) in [5.74, 6) is 0.920. The van der Waals surface area contributed by atoms with Crippen LogP contribution in [0.5, 0.6) is 11.6 Å². The molecule has 0 unspecified atom stereocenters. The highest BCUT2D eigenvalue weighted by molar-refractivity contribution is 5.65. The molecule has 2 aromatic heterocycles. The van der Waals surface area contributed by atoms with Gasteiger partial charge in [-0.3, -0.25) is 4.68 Å². The number of anilines is 1. The lowest BCUT2D eigenvalue weighted by Crippen LogP contribution is -2.47. The van der Waals surface area contributed by atoms with E-state index < -0.39 is 11.9 Å². The minimum Gasteiger partial charge on any atom is -0.455 e. The molecule has 11 nitrogen and oxygen atoms in total. The van der Waals surface area contributed by atoms with E-state index in [0.717, 1.165) is 42.6 Å². The van der Waals surface area contributed by atoms with Crippen LogP contribution in [0.15, 0.2) is 43.2 Å². The van der Waals surface area contributed by atoms with Gasteiger partial charge in [0, 0.05) is 11.1 Å². The van der Waals surface area contributed by atoms with Gasteiger partial charge in [-0.05, 0) is 63.2 Å². The van der Waals surface area contributed by atoms with Gasteiger partial charge < -0.3 is 34.7 Å². The Hall–Kier alpha value is -3.67. The molecule has 194 valence electrons. The number of likely N-dealkylation sites (tertiary alicyclic amines) is 1. The molecule has 0 atom stereocenters. The van der Waals surface area contributed by atoms with Crippen LogP contribution >= 0.6 is 0 Å². The number of piperidine rings is 1. The van der Waals surface area contributed by atoms with Gasteiger partial charge in [0.2, 0.25) is 0 Å². The maximum absolute atomic E-state index is 11.2. The number of benzene rings is 1. The van der Waals surface area contributed by atoms with E-state index in [9.17, 15) is 5.11 Å². The second kappa shape index (κ2) is 9.33. The molecule has 3 N–H and O–H groups in total. The van der Waals surface area contributed by atoms with Crippen LogP contribution in [0.4, 0.5) is 5.82 Å². The molecule has 1 aromatic carbocycles. The third-order valence-corrected chi connectivity index (χ3v) is 7.18. The van der Waals surface area contributed by atoms with E-state index in [2.05, 4.69) is 27.0 Å². The van der Waals surface area contributed by atoms with E-state index in [1.165, 1.54) is 12.5 Å². The summed E-state index contributed by atoms with van der Waals surface area (Å²) in [7, 11) is 2.13. The minimum atomic E-state index is -1.14. The van der Waals surface area contributed by atoms with Gasteiger partial charge in [0.05, 0.1) is 43.5 Å². The van der Waals surface area contributed by atoms with E-state index >= 15 is 0 Å². The molecule has 5 heterocycles. The van der Waals surface area contributed by atoms with Crippen molar-refractivity contribution >= 4 is 5.82 Å². The Morgan fingerprint density at radius 2 is 1.89 bits per heavy atom. The van der Waals surface area contributed by atoms with Crippen LogP contribution in [-0.2, 0) is 19.8 Å². The van der Waals surface area contributed by atoms with Crippen molar-refractivity contribution in [3.05, 3.63) is 59.9 Å². The van der Waals surface area contributed by atoms with Gasteiger partial charge in [-0.15, -0.1) is 0 Å². The maximum Gasteiger partial charge on any atom is 0.266 e. The Balaban J connectivity index is 1.29. The summed E-state index contributed by atoms with van der Waals surface area (Å²) in [4.78, 5) is 11.3. The number of aliphatic hydroxyl groups is 1. The summed E-state index contributed by atoms with van der Waals surface area (Å²) >= 11 is 0. The smallest absolute Gasteiger partial charge is 0.266 e. The molecule has 0 aliphatic carbocycles. The predicted octanol–water partition coefficient (Wildman–Crippen LogP) is 3.02.